The molecule has 1 heterocycles. The second-order valence-electron chi connectivity index (χ2n) is 9.49. The van der Waals surface area contributed by atoms with E-state index in [2.05, 4.69) is 23.1 Å². The highest BCUT2D eigenvalue weighted by Crippen LogP contribution is 2.50. The molecule has 0 bridgehead atoms. The van der Waals surface area contributed by atoms with Crippen molar-refractivity contribution in [1.29, 1.82) is 0 Å². The van der Waals surface area contributed by atoms with Crippen molar-refractivity contribution in [2.24, 2.45) is 5.41 Å². The fourth-order valence-electron chi connectivity index (χ4n) is 4.73. The summed E-state index contributed by atoms with van der Waals surface area (Å²) in [6, 6.07) is 12.5. The Kier molecular flexibility index (Phi) is 6.47. The minimum atomic E-state index is -0.496. The maximum Gasteiger partial charge on any atom is 0.236 e. The molecular formula is C26H30Cl2N2O3. The second kappa shape index (κ2) is 9.36. The van der Waals surface area contributed by atoms with Crippen molar-refractivity contribution in [3.8, 4) is 5.75 Å². The lowest BCUT2D eigenvalue weighted by Crippen LogP contribution is -2.48. The molecule has 0 atom stereocenters. The quantitative estimate of drug-likeness (QED) is 0.474. The van der Waals surface area contributed by atoms with Gasteiger partial charge in [0.05, 0.1) is 21.8 Å². The van der Waals surface area contributed by atoms with Crippen LogP contribution in [0.4, 0.5) is 11.4 Å². The van der Waals surface area contributed by atoms with Gasteiger partial charge >= 0.3 is 0 Å². The van der Waals surface area contributed by atoms with Crippen LogP contribution in [-0.2, 0) is 11.2 Å². The third-order valence-electron chi connectivity index (χ3n) is 7.05. The van der Waals surface area contributed by atoms with E-state index in [1.165, 1.54) is 18.5 Å². The summed E-state index contributed by atoms with van der Waals surface area (Å²) in [7, 11) is 0. The van der Waals surface area contributed by atoms with Gasteiger partial charge in [-0.25, -0.2) is 0 Å². The van der Waals surface area contributed by atoms with Gasteiger partial charge < -0.3 is 19.6 Å². The first kappa shape index (κ1) is 22.8. The smallest absolute Gasteiger partial charge is 0.236 e. The van der Waals surface area contributed by atoms with E-state index in [0.717, 1.165) is 49.9 Å². The summed E-state index contributed by atoms with van der Waals surface area (Å²) in [6.07, 6.45) is 6.46. The van der Waals surface area contributed by atoms with Crippen molar-refractivity contribution >= 4 is 40.5 Å². The molecule has 0 saturated heterocycles. The standard InChI is InChI=1S/C26H30Cl2N2O3/c27-20-16-24(21(28)15-18(20)5-3-4-14-31)33-17-26(10-11-26)25(32)30-13-12-29(19-8-9-19)22-6-1-2-7-23(22)30/h1-2,6-7,15-16,19,31H,3-5,8-14,17H2. The number of aliphatic hydroxyl groups excluding tert-OH is 1. The number of hydrogen-bond acceptors (Lipinski definition) is 4. The molecule has 0 radical (unpaired) electrons. The van der Waals surface area contributed by atoms with Crippen LogP contribution in [0.15, 0.2) is 36.4 Å². The predicted octanol–water partition coefficient (Wildman–Crippen LogP) is 5.48. The zero-order valence-corrected chi connectivity index (χ0v) is 20.2. The minimum Gasteiger partial charge on any atom is -0.491 e. The summed E-state index contributed by atoms with van der Waals surface area (Å²) in [6.45, 7) is 2.06. The third kappa shape index (κ3) is 4.68. The van der Waals surface area contributed by atoms with Crippen molar-refractivity contribution < 1.29 is 14.6 Å². The highest BCUT2D eigenvalue weighted by Gasteiger charge is 2.54. The number of nitrogens with zero attached hydrogens (tertiary/aromatic N) is 2. The minimum absolute atomic E-state index is 0.147. The van der Waals surface area contributed by atoms with Gasteiger partial charge in [0.25, 0.3) is 0 Å². The average Bonchev–Trinajstić information content (AvgIpc) is 3.74. The molecule has 176 valence electrons. The second-order valence-corrected chi connectivity index (χ2v) is 10.3. The largest absolute Gasteiger partial charge is 0.491 e. The van der Waals surface area contributed by atoms with Crippen LogP contribution in [0.1, 0.15) is 44.1 Å². The molecule has 2 aliphatic carbocycles. The molecule has 3 aliphatic rings. The first-order valence-electron chi connectivity index (χ1n) is 11.9. The zero-order valence-electron chi connectivity index (χ0n) is 18.7. The molecule has 7 heteroatoms. The Bertz CT molecular complexity index is 1040. The average molecular weight is 489 g/mol. The summed E-state index contributed by atoms with van der Waals surface area (Å²) >= 11 is 12.9. The highest BCUT2D eigenvalue weighted by atomic mass is 35.5. The Morgan fingerprint density at radius 2 is 1.82 bits per heavy atom. The van der Waals surface area contributed by atoms with Crippen LogP contribution in [0.25, 0.3) is 0 Å². The van der Waals surface area contributed by atoms with Crippen LogP contribution in [0, 0.1) is 5.41 Å². The number of para-hydroxylation sites is 2. The number of hydrogen-bond donors (Lipinski definition) is 1. The van der Waals surface area contributed by atoms with E-state index in [1.54, 1.807) is 6.07 Å². The molecule has 1 amide bonds. The summed E-state index contributed by atoms with van der Waals surface area (Å²) in [5.41, 5.74) is 2.64. The fraction of sp³-hybridized carbons (Fsp3) is 0.500. The number of benzene rings is 2. The number of aliphatic hydroxyl groups is 1. The Hall–Kier alpha value is -1.95. The molecule has 1 N–H and O–H groups in total. The molecule has 2 aromatic rings. The van der Waals surface area contributed by atoms with Gasteiger partial charge in [-0.3, -0.25) is 4.79 Å². The van der Waals surface area contributed by atoms with Crippen LogP contribution in [-0.4, -0.2) is 43.4 Å². The maximum atomic E-state index is 13.7. The highest BCUT2D eigenvalue weighted by molar-refractivity contribution is 6.34. The van der Waals surface area contributed by atoms with Crippen molar-refractivity contribution in [3.05, 3.63) is 52.0 Å². The lowest BCUT2D eigenvalue weighted by atomic mass is 10.0. The van der Waals surface area contributed by atoms with Crippen LogP contribution in [0.2, 0.25) is 10.0 Å². The Morgan fingerprint density at radius 3 is 2.52 bits per heavy atom. The van der Waals surface area contributed by atoms with Gasteiger partial charge in [0.2, 0.25) is 5.91 Å². The van der Waals surface area contributed by atoms with Crippen molar-refractivity contribution in [2.45, 2.75) is 51.0 Å². The monoisotopic (exact) mass is 488 g/mol. The van der Waals surface area contributed by atoms with Gasteiger partial charge in [0.15, 0.2) is 0 Å². The summed E-state index contributed by atoms with van der Waals surface area (Å²) < 4.78 is 6.08. The SMILES string of the molecule is O=C(N1CCN(C2CC2)c2ccccc21)C1(COc2cc(Cl)c(CCCCO)cc2Cl)CC1. The van der Waals surface area contributed by atoms with E-state index in [-0.39, 0.29) is 12.5 Å². The van der Waals surface area contributed by atoms with Crippen LogP contribution in [0.5, 0.6) is 5.75 Å². The molecule has 2 fully saturated rings. The van der Waals surface area contributed by atoms with Crippen molar-refractivity contribution in [2.75, 3.05) is 36.1 Å². The molecule has 0 aromatic heterocycles. The van der Waals surface area contributed by atoms with E-state index in [9.17, 15) is 4.79 Å². The van der Waals surface area contributed by atoms with E-state index in [4.69, 9.17) is 33.0 Å². The Labute approximate surface area is 205 Å². The van der Waals surface area contributed by atoms with E-state index in [0.29, 0.717) is 35.0 Å². The first-order valence-corrected chi connectivity index (χ1v) is 12.7. The predicted molar refractivity (Wildman–Crippen MR) is 133 cm³/mol. The van der Waals surface area contributed by atoms with Crippen LogP contribution in [0.3, 0.4) is 0 Å². The number of unbranched alkanes of at least 4 members (excludes halogenated alkanes) is 1. The van der Waals surface area contributed by atoms with Gasteiger partial charge in [-0.1, -0.05) is 35.3 Å². The number of amides is 1. The van der Waals surface area contributed by atoms with Gasteiger partial charge in [-0.2, -0.15) is 0 Å². The van der Waals surface area contributed by atoms with Gasteiger partial charge in [0.1, 0.15) is 12.4 Å². The molecule has 0 spiro atoms. The lowest BCUT2D eigenvalue weighted by molar-refractivity contribution is -0.124. The third-order valence-corrected chi connectivity index (χ3v) is 7.69. The molecule has 1 aliphatic heterocycles. The van der Waals surface area contributed by atoms with Crippen molar-refractivity contribution in [1.82, 2.24) is 0 Å². The number of carbonyl (C=O) groups excluding carboxylic acids is 1. The summed E-state index contributed by atoms with van der Waals surface area (Å²) in [5.74, 6) is 0.666. The number of aryl methyl sites for hydroxylation is 1. The summed E-state index contributed by atoms with van der Waals surface area (Å²) in [5, 5.41) is 10.1. The van der Waals surface area contributed by atoms with E-state index in [1.807, 2.05) is 17.0 Å². The molecule has 2 aromatic carbocycles. The van der Waals surface area contributed by atoms with Crippen LogP contribution < -0.4 is 14.5 Å². The molecule has 2 saturated carbocycles. The Balaban J connectivity index is 1.28. The number of ether oxygens (including phenoxy) is 1. The van der Waals surface area contributed by atoms with Gasteiger partial charge in [-0.05, 0) is 68.7 Å². The van der Waals surface area contributed by atoms with Gasteiger partial charge in [-0.15, -0.1) is 0 Å². The lowest BCUT2D eigenvalue weighted by Gasteiger charge is -2.39. The topological polar surface area (TPSA) is 53.0 Å². The zero-order chi connectivity index (χ0) is 23.0. The molecule has 0 unspecified atom stereocenters. The summed E-state index contributed by atoms with van der Waals surface area (Å²) in [4.78, 5) is 18.1. The molecule has 33 heavy (non-hydrogen) atoms. The van der Waals surface area contributed by atoms with E-state index < -0.39 is 5.41 Å². The number of fused-ring (bicyclic) bond motifs is 1. The number of rotatable bonds is 9. The maximum absolute atomic E-state index is 13.7. The van der Waals surface area contributed by atoms with Crippen molar-refractivity contribution in [3.63, 3.8) is 0 Å². The fourth-order valence-corrected chi connectivity index (χ4v) is 5.22. The first-order chi connectivity index (χ1) is 16.0. The van der Waals surface area contributed by atoms with E-state index >= 15 is 0 Å². The van der Waals surface area contributed by atoms with Crippen LogP contribution >= 0.6 is 23.2 Å². The number of carbonyl (C=O) groups is 1. The number of halogens is 2. The molecular weight excluding hydrogens is 459 g/mol. The Morgan fingerprint density at radius 1 is 1.06 bits per heavy atom. The molecule has 5 rings (SSSR count). The normalized spacial score (nSPS) is 18.8. The molecule has 5 nitrogen and oxygen atoms in total. The number of anilines is 2. The van der Waals surface area contributed by atoms with Gasteiger partial charge in [0, 0.05) is 36.8 Å².